The van der Waals surface area contributed by atoms with Crippen molar-refractivity contribution in [1.82, 2.24) is 0 Å². The second-order valence-electron chi connectivity index (χ2n) is 6.05. The van der Waals surface area contributed by atoms with E-state index in [0.717, 1.165) is 17.1 Å². The molecule has 1 aliphatic rings. The fourth-order valence-electron chi connectivity index (χ4n) is 3.15. The number of rotatable bonds is 5. The van der Waals surface area contributed by atoms with Crippen LogP contribution in [0, 0.1) is 5.92 Å². The van der Waals surface area contributed by atoms with Gasteiger partial charge in [0.2, 0.25) is 0 Å². The first kappa shape index (κ1) is 17.2. The molecule has 0 saturated carbocycles. The molecule has 0 spiro atoms. The standard InChI is InChI=1S/C20H19ClO2S/c21-16-8-6-14(7-9-16)17(18-13-24-11-10-19(18)22)12-20(23)15-4-2-1-3-5-15/h1-9,17-18H,10-13H2/t17-,18-/m0/s1. The third-order valence-corrected chi connectivity index (χ3v) is 5.83. The van der Waals surface area contributed by atoms with Crippen LogP contribution in [0.2, 0.25) is 5.02 Å². The van der Waals surface area contributed by atoms with E-state index in [1.807, 2.05) is 54.6 Å². The van der Waals surface area contributed by atoms with Gasteiger partial charge in [0, 0.05) is 46.8 Å². The smallest absolute Gasteiger partial charge is 0.163 e. The summed E-state index contributed by atoms with van der Waals surface area (Å²) in [6.45, 7) is 0. The van der Waals surface area contributed by atoms with Crippen LogP contribution in [0.1, 0.15) is 34.7 Å². The highest BCUT2D eigenvalue weighted by molar-refractivity contribution is 7.99. The largest absolute Gasteiger partial charge is 0.299 e. The average molecular weight is 359 g/mol. The van der Waals surface area contributed by atoms with E-state index in [4.69, 9.17) is 11.6 Å². The summed E-state index contributed by atoms with van der Waals surface area (Å²) in [4.78, 5) is 25.1. The Bertz CT molecular complexity index is 712. The van der Waals surface area contributed by atoms with Crippen molar-refractivity contribution < 1.29 is 9.59 Å². The van der Waals surface area contributed by atoms with Crippen molar-refractivity contribution in [1.29, 1.82) is 0 Å². The van der Waals surface area contributed by atoms with Crippen LogP contribution in [0.5, 0.6) is 0 Å². The molecule has 0 radical (unpaired) electrons. The van der Waals surface area contributed by atoms with Gasteiger partial charge in [-0.2, -0.15) is 11.8 Å². The lowest BCUT2D eigenvalue weighted by Crippen LogP contribution is -2.30. The number of carbonyl (C=O) groups is 2. The van der Waals surface area contributed by atoms with Gasteiger partial charge in [0.1, 0.15) is 5.78 Å². The minimum absolute atomic E-state index is 0.0823. The number of halogens is 1. The molecule has 2 nitrogen and oxygen atoms in total. The maximum Gasteiger partial charge on any atom is 0.163 e. The van der Waals surface area contributed by atoms with Crippen LogP contribution in [-0.2, 0) is 4.79 Å². The zero-order chi connectivity index (χ0) is 16.9. The van der Waals surface area contributed by atoms with E-state index in [-0.39, 0.29) is 23.4 Å². The molecule has 124 valence electrons. The first-order valence-corrected chi connectivity index (χ1v) is 9.62. The summed E-state index contributed by atoms with van der Waals surface area (Å²) < 4.78 is 0. The highest BCUT2D eigenvalue weighted by Gasteiger charge is 2.33. The normalized spacial score (nSPS) is 19.0. The van der Waals surface area contributed by atoms with Gasteiger partial charge in [-0.1, -0.05) is 54.1 Å². The minimum atomic E-state index is -0.0995. The van der Waals surface area contributed by atoms with Crippen LogP contribution in [0.15, 0.2) is 54.6 Å². The van der Waals surface area contributed by atoms with Gasteiger partial charge in [0.15, 0.2) is 5.78 Å². The SMILES string of the molecule is O=C(C[C@@H](c1ccc(Cl)cc1)[C@@H]1CSCCC1=O)c1ccccc1. The Labute approximate surface area is 151 Å². The quantitative estimate of drug-likeness (QED) is 0.704. The van der Waals surface area contributed by atoms with E-state index in [0.29, 0.717) is 23.4 Å². The number of hydrogen-bond acceptors (Lipinski definition) is 3. The van der Waals surface area contributed by atoms with Gasteiger partial charge in [-0.15, -0.1) is 0 Å². The first-order valence-electron chi connectivity index (χ1n) is 8.09. The van der Waals surface area contributed by atoms with Crippen LogP contribution in [0.25, 0.3) is 0 Å². The summed E-state index contributed by atoms with van der Waals surface area (Å²) in [7, 11) is 0. The second kappa shape index (κ2) is 8.00. The van der Waals surface area contributed by atoms with E-state index in [1.165, 1.54) is 0 Å². The lowest BCUT2D eigenvalue weighted by atomic mass is 9.79. The van der Waals surface area contributed by atoms with E-state index >= 15 is 0 Å². The molecule has 3 rings (SSSR count). The van der Waals surface area contributed by atoms with Crippen molar-refractivity contribution in [3.63, 3.8) is 0 Å². The van der Waals surface area contributed by atoms with Crippen LogP contribution < -0.4 is 0 Å². The van der Waals surface area contributed by atoms with Gasteiger partial charge < -0.3 is 0 Å². The Kier molecular flexibility index (Phi) is 5.75. The minimum Gasteiger partial charge on any atom is -0.299 e. The molecule has 2 aromatic carbocycles. The lowest BCUT2D eigenvalue weighted by Gasteiger charge is -2.29. The molecular formula is C20H19ClO2S. The monoisotopic (exact) mass is 358 g/mol. The zero-order valence-corrected chi connectivity index (χ0v) is 14.9. The van der Waals surface area contributed by atoms with E-state index < -0.39 is 0 Å². The second-order valence-corrected chi connectivity index (χ2v) is 7.64. The van der Waals surface area contributed by atoms with Crippen LogP contribution in [-0.4, -0.2) is 23.1 Å². The molecule has 1 heterocycles. The zero-order valence-electron chi connectivity index (χ0n) is 13.3. The number of carbonyl (C=O) groups excluding carboxylic acids is 2. The third-order valence-electron chi connectivity index (χ3n) is 4.49. The molecule has 2 aromatic rings. The average Bonchev–Trinajstić information content (AvgIpc) is 2.62. The molecule has 0 aliphatic carbocycles. The summed E-state index contributed by atoms with van der Waals surface area (Å²) >= 11 is 7.79. The fraction of sp³-hybridized carbons (Fsp3) is 0.300. The van der Waals surface area contributed by atoms with Crippen molar-refractivity contribution in [2.75, 3.05) is 11.5 Å². The van der Waals surface area contributed by atoms with E-state index in [1.54, 1.807) is 11.8 Å². The number of ketones is 2. The molecule has 0 unspecified atom stereocenters. The maximum atomic E-state index is 12.7. The van der Waals surface area contributed by atoms with Crippen molar-refractivity contribution in [2.45, 2.75) is 18.8 Å². The summed E-state index contributed by atoms with van der Waals surface area (Å²) in [5, 5.41) is 0.663. The highest BCUT2D eigenvalue weighted by Crippen LogP contribution is 2.36. The van der Waals surface area contributed by atoms with E-state index in [2.05, 4.69) is 0 Å². The van der Waals surface area contributed by atoms with Crippen molar-refractivity contribution >= 4 is 34.9 Å². The molecule has 0 N–H and O–H groups in total. The molecule has 0 bridgehead atoms. The molecule has 1 fully saturated rings. The lowest BCUT2D eigenvalue weighted by molar-refractivity contribution is -0.122. The predicted molar refractivity (Wildman–Crippen MR) is 100 cm³/mol. The Hall–Kier alpha value is -1.58. The molecule has 0 aromatic heterocycles. The highest BCUT2D eigenvalue weighted by atomic mass is 35.5. The molecule has 1 aliphatic heterocycles. The number of thioether (sulfide) groups is 1. The van der Waals surface area contributed by atoms with Gasteiger partial charge in [-0.3, -0.25) is 9.59 Å². The summed E-state index contributed by atoms with van der Waals surface area (Å²) in [6, 6.07) is 16.8. The summed E-state index contributed by atoms with van der Waals surface area (Å²) in [6.07, 6.45) is 0.946. The fourth-order valence-corrected chi connectivity index (χ4v) is 4.46. The number of benzene rings is 2. The maximum absolute atomic E-state index is 12.7. The Morgan fingerprint density at radius 2 is 1.83 bits per heavy atom. The van der Waals surface area contributed by atoms with Gasteiger partial charge >= 0.3 is 0 Å². The number of Topliss-reactive ketones (excluding diaryl/α,β-unsaturated/α-hetero) is 2. The van der Waals surface area contributed by atoms with Gasteiger partial charge in [-0.05, 0) is 17.7 Å². The topological polar surface area (TPSA) is 34.1 Å². The van der Waals surface area contributed by atoms with Crippen molar-refractivity contribution in [3.05, 3.63) is 70.7 Å². The van der Waals surface area contributed by atoms with Gasteiger partial charge in [0.05, 0.1) is 0 Å². The Balaban J connectivity index is 1.88. The summed E-state index contributed by atoms with van der Waals surface area (Å²) in [5.74, 6) is 1.84. The van der Waals surface area contributed by atoms with Gasteiger partial charge in [0.25, 0.3) is 0 Å². The third kappa shape index (κ3) is 4.08. The number of hydrogen-bond donors (Lipinski definition) is 0. The van der Waals surface area contributed by atoms with Crippen LogP contribution >= 0.6 is 23.4 Å². The van der Waals surface area contributed by atoms with Crippen molar-refractivity contribution in [3.8, 4) is 0 Å². The van der Waals surface area contributed by atoms with Crippen LogP contribution in [0.3, 0.4) is 0 Å². The Morgan fingerprint density at radius 1 is 1.12 bits per heavy atom. The van der Waals surface area contributed by atoms with E-state index in [9.17, 15) is 9.59 Å². The predicted octanol–water partition coefficient (Wildman–Crippen LogP) is 5.02. The van der Waals surface area contributed by atoms with Crippen LogP contribution in [0.4, 0.5) is 0 Å². The molecule has 2 atom stereocenters. The molecule has 0 amide bonds. The molecule has 1 saturated heterocycles. The summed E-state index contributed by atoms with van der Waals surface area (Å²) in [5.41, 5.74) is 1.72. The molecule has 4 heteroatoms. The Morgan fingerprint density at radius 3 is 2.50 bits per heavy atom. The molecule has 24 heavy (non-hydrogen) atoms. The van der Waals surface area contributed by atoms with Gasteiger partial charge in [-0.25, -0.2) is 0 Å². The van der Waals surface area contributed by atoms with Crippen molar-refractivity contribution in [2.24, 2.45) is 5.92 Å². The first-order chi connectivity index (χ1) is 11.6. The molecular weight excluding hydrogens is 340 g/mol.